The van der Waals surface area contributed by atoms with Crippen molar-refractivity contribution in [2.45, 2.75) is 25.9 Å². The average molecular weight is 267 g/mol. The molecule has 0 atom stereocenters. The molecule has 0 saturated carbocycles. The molecule has 6 nitrogen and oxygen atoms in total. The molecule has 0 aromatic carbocycles. The van der Waals surface area contributed by atoms with E-state index in [9.17, 15) is 4.79 Å². The molecule has 6 heteroatoms. The topological polar surface area (TPSA) is 56.6 Å². The second-order valence-corrected chi connectivity index (χ2v) is 4.68. The summed E-state index contributed by atoms with van der Waals surface area (Å²) in [6.07, 6.45) is 3.94. The highest BCUT2D eigenvalue weighted by molar-refractivity contribution is 5.94. The van der Waals surface area contributed by atoms with Crippen molar-refractivity contribution < 1.29 is 14.3 Å². The van der Waals surface area contributed by atoms with E-state index in [0.29, 0.717) is 18.3 Å². The molecule has 1 fully saturated rings. The molecule has 2 heterocycles. The van der Waals surface area contributed by atoms with Crippen LogP contribution in [0.25, 0.3) is 0 Å². The molecule has 0 unspecified atom stereocenters. The minimum atomic E-state index is -0.306. The lowest BCUT2D eigenvalue weighted by molar-refractivity contribution is 0.0526. The summed E-state index contributed by atoms with van der Waals surface area (Å²) in [7, 11) is 3.55. The Hall–Kier alpha value is -1.56. The van der Waals surface area contributed by atoms with Crippen LogP contribution in [0, 0.1) is 0 Å². The number of ether oxygens (including phenoxy) is 2. The lowest BCUT2D eigenvalue weighted by Gasteiger charge is -2.31. The predicted octanol–water partition coefficient (Wildman–Crippen LogP) is 1.21. The van der Waals surface area contributed by atoms with Gasteiger partial charge in [-0.2, -0.15) is 5.10 Å². The van der Waals surface area contributed by atoms with E-state index in [-0.39, 0.29) is 5.97 Å². The molecule has 1 aromatic heterocycles. The molecule has 1 aromatic rings. The Morgan fingerprint density at radius 3 is 2.74 bits per heavy atom. The monoisotopic (exact) mass is 267 g/mol. The third-order valence-electron chi connectivity index (χ3n) is 3.38. The summed E-state index contributed by atoms with van der Waals surface area (Å²) >= 11 is 0. The third kappa shape index (κ3) is 3.07. The van der Waals surface area contributed by atoms with E-state index >= 15 is 0 Å². The minimum Gasteiger partial charge on any atom is -0.462 e. The Balaban J connectivity index is 2.14. The number of aryl methyl sites for hydroxylation is 1. The van der Waals surface area contributed by atoms with E-state index in [1.807, 2.05) is 7.05 Å². The van der Waals surface area contributed by atoms with Crippen molar-refractivity contribution in [2.24, 2.45) is 7.05 Å². The number of esters is 1. The van der Waals surface area contributed by atoms with Gasteiger partial charge in [-0.1, -0.05) is 0 Å². The standard InChI is InChI=1S/C13H21N3O3/c1-4-19-13(17)11-9-15(2)14-12(11)16-7-5-10(18-3)6-8-16/h9-10H,4-8H2,1-3H3. The summed E-state index contributed by atoms with van der Waals surface area (Å²) in [6.45, 7) is 3.88. The van der Waals surface area contributed by atoms with E-state index in [0.717, 1.165) is 31.7 Å². The molecule has 19 heavy (non-hydrogen) atoms. The number of anilines is 1. The van der Waals surface area contributed by atoms with E-state index in [1.54, 1.807) is 24.9 Å². The van der Waals surface area contributed by atoms with Crippen LogP contribution in [0.4, 0.5) is 5.82 Å². The first-order chi connectivity index (χ1) is 9.15. The lowest BCUT2D eigenvalue weighted by atomic mass is 10.1. The van der Waals surface area contributed by atoms with Crippen LogP contribution in [0.15, 0.2) is 6.20 Å². The number of carbonyl (C=O) groups excluding carboxylic acids is 1. The van der Waals surface area contributed by atoms with Gasteiger partial charge >= 0.3 is 5.97 Å². The third-order valence-corrected chi connectivity index (χ3v) is 3.38. The summed E-state index contributed by atoms with van der Waals surface area (Å²) in [5, 5.41) is 4.39. The highest BCUT2D eigenvalue weighted by Crippen LogP contribution is 2.24. The average Bonchev–Trinajstić information content (AvgIpc) is 2.81. The highest BCUT2D eigenvalue weighted by Gasteiger charge is 2.25. The molecule has 0 N–H and O–H groups in total. The minimum absolute atomic E-state index is 0.306. The number of carbonyl (C=O) groups is 1. The predicted molar refractivity (Wildman–Crippen MR) is 71.4 cm³/mol. The van der Waals surface area contributed by atoms with Crippen molar-refractivity contribution >= 4 is 11.8 Å². The number of aromatic nitrogens is 2. The quantitative estimate of drug-likeness (QED) is 0.768. The maximum atomic E-state index is 11.9. The molecule has 0 bridgehead atoms. The van der Waals surface area contributed by atoms with Gasteiger partial charge in [-0.05, 0) is 19.8 Å². The van der Waals surface area contributed by atoms with Crippen LogP contribution >= 0.6 is 0 Å². The molecule has 0 aliphatic carbocycles. The summed E-state index contributed by atoms with van der Waals surface area (Å²) < 4.78 is 12.1. The van der Waals surface area contributed by atoms with E-state index in [2.05, 4.69) is 10.00 Å². The zero-order valence-corrected chi connectivity index (χ0v) is 11.8. The van der Waals surface area contributed by atoms with Crippen molar-refractivity contribution in [3.8, 4) is 0 Å². The number of methoxy groups -OCH3 is 1. The summed E-state index contributed by atoms with van der Waals surface area (Å²) in [5.41, 5.74) is 0.542. The number of hydrogen-bond acceptors (Lipinski definition) is 5. The molecule has 1 aliphatic rings. The second-order valence-electron chi connectivity index (χ2n) is 4.68. The van der Waals surface area contributed by atoms with Gasteiger partial charge < -0.3 is 14.4 Å². The number of hydrogen-bond donors (Lipinski definition) is 0. The van der Waals surface area contributed by atoms with Crippen LogP contribution in [0.2, 0.25) is 0 Å². The Bertz CT molecular complexity index is 436. The summed E-state index contributed by atoms with van der Waals surface area (Å²) in [4.78, 5) is 14.0. The van der Waals surface area contributed by atoms with Crippen molar-refractivity contribution in [3.05, 3.63) is 11.8 Å². The fraction of sp³-hybridized carbons (Fsp3) is 0.692. The maximum absolute atomic E-state index is 11.9. The van der Waals surface area contributed by atoms with Crippen LogP contribution in [0.3, 0.4) is 0 Å². The lowest BCUT2D eigenvalue weighted by Crippen LogP contribution is -2.37. The SMILES string of the molecule is CCOC(=O)c1cn(C)nc1N1CCC(OC)CC1. The van der Waals surface area contributed by atoms with Gasteiger partial charge in [0.1, 0.15) is 5.56 Å². The Morgan fingerprint density at radius 2 is 2.16 bits per heavy atom. The van der Waals surface area contributed by atoms with E-state index < -0.39 is 0 Å². The van der Waals surface area contributed by atoms with E-state index in [1.165, 1.54) is 0 Å². The molecule has 106 valence electrons. The first-order valence-corrected chi connectivity index (χ1v) is 6.64. The molecule has 0 radical (unpaired) electrons. The molecular formula is C13H21N3O3. The second kappa shape index (κ2) is 6.06. The molecule has 0 spiro atoms. The number of rotatable bonds is 4. The van der Waals surface area contributed by atoms with Gasteiger partial charge in [0.2, 0.25) is 0 Å². The normalized spacial score (nSPS) is 16.7. The van der Waals surface area contributed by atoms with Gasteiger partial charge in [-0.15, -0.1) is 0 Å². The van der Waals surface area contributed by atoms with Gasteiger partial charge in [0.15, 0.2) is 5.82 Å². The number of nitrogens with zero attached hydrogens (tertiary/aromatic N) is 3. The van der Waals surface area contributed by atoms with Gasteiger partial charge in [-0.3, -0.25) is 4.68 Å². The first kappa shape index (κ1) is 13.9. The van der Waals surface area contributed by atoms with Gasteiger partial charge in [0, 0.05) is 33.4 Å². The Labute approximate surface area is 113 Å². The fourth-order valence-electron chi connectivity index (χ4n) is 2.37. The molecule has 0 amide bonds. The van der Waals surface area contributed by atoms with Gasteiger partial charge in [-0.25, -0.2) is 4.79 Å². The fourth-order valence-corrected chi connectivity index (χ4v) is 2.37. The van der Waals surface area contributed by atoms with E-state index in [4.69, 9.17) is 9.47 Å². The van der Waals surface area contributed by atoms with Crippen LogP contribution in [-0.4, -0.2) is 48.7 Å². The summed E-state index contributed by atoms with van der Waals surface area (Å²) in [5.74, 6) is 0.412. The molecule has 2 rings (SSSR count). The van der Waals surface area contributed by atoms with Crippen molar-refractivity contribution in [2.75, 3.05) is 31.7 Å². The van der Waals surface area contributed by atoms with Gasteiger partial charge in [0.25, 0.3) is 0 Å². The zero-order chi connectivity index (χ0) is 13.8. The van der Waals surface area contributed by atoms with Crippen LogP contribution in [0.1, 0.15) is 30.1 Å². The molecular weight excluding hydrogens is 246 g/mol. The molecule has 1 aliphatic heterocycles. The van der Waals surface area contributed by atoms with Crippen LogP contribution in [-0.2, 0) is 16.5 Å². The maximum Gasteiger partial charge on any atom is 0.343 e. The highest BCUT2D eigenvalue weighted by atomic mass is 16.5. The zero-order valence-electron chi connectivity index (χ0n) is 11.8. The molecule has 1 saturated heterocycles. The number of piperidine rings is 1. The Morgan fingerprint density at radius 1 is 1.47 bits per heavy atom. The summed E-state index contributed by atoms with van der Waals surface area (Å²) in [6, 6.07) is 0. The Kier molecular flexibility index (Phi) is 4.42. The largest absolute Gasteiger partial charge is 0.462 e. The van der Waals surface area contributed by atoms with Crippen LogP contribution in [0.5, 0.6) is 0 Å². The smallest absolute Gasteiger partial charge is 0.343 e. The van der Waals surface area contributed by atoms with Gasteiger partial charge in [0.05, 0.1) is 12.7 Å². The first-order valence-electron chi connectivity index (χ1n) is 6.64. The van der Waals surface area contributed by atoms with Crippen molar-refractivity contribution in [1.29, 1.82) is 0 Å². The van der Waals surface area contributed by atoms with Crippen molar-refractivity contribution in [1.82, 2.24) is 9.78 Å². The van der Waals surface area contributed by atoms with Crippen molar-refractivity contribution in [3.63, 3.8) is 0 Å². The van der Waals surface area contributed by atoms with Crippen LogP contribution < -0.4 is 4.90 Å².